The highest BCUT2D eigenvalue weighted by atomic mass is 79.9. The molecule has 0 spiro atoms. The van der Waals surface area contributed by atoms with Gasteiger partial charge in [-0.25, -0.2) is 28.4 Å². The summed E-state index contributed by atoms with van der Waals surface area (Å²) in [5, 5.41) is -0.558. The van der Waals surface area contributed by atoms with E-state index in [0.717, 1.165) is 4.47 Å². The lowest BCUT2D eigenvalue weighted by atomic mass is 9.97. The molecule has 38 heavy (non-hydrogen) atoms. The summed E-state index contributed by atoms with van der Waals surface area (Å²) < 4.78 is 57.9. The van der Waals surface area contributed by atoms with Crippen LogP contribution in [0.2, 0.25) is 0 Å². The Kier molecular flexibility index (Phi) is 8.09. The molecule has 1 N–H and O–H groups in total. The normalized spacial score (nSPS) is 18.7. The average molecular weight is 608 g/mol. The number of sulfonamides is 1. The molecule has 202 valence electrons. The maximum Gasteiger partial charge on any atom is 0.316 e. The van der Waals surface area contributed by atoms with Crippen molar-refractivity contribution in [3.8, 4) is 34.5 Å². The summed E-state index contributed by atoms with van der Waals surface area (Å²) in [5.74, 6) is 1.41. The van der Waals surface area contributed by atoms with Crippen molar-refractivity contribution in [1.82, 2.24) is 19.9 Å². The lowest BCUT2D eigenvalue weighted by Crippen LogP contribution is -2.34. The minimum Gasteiger partial charge on any atom is -0.473 e. The summed E-state index contributed by atoms with van der Waals surface area (Å²) in [6, 6.07) is 5.45. The maximum atomic E-state index is 13.3. The van der Waals surface area contributed by atoms with E-state index in [1.807, 2.05) is 0 Å². The molecule has 5 rings (SSSR count). The van der Waals surface area contributed by atoms with E-state index in [1.165, 1.54) is 6.33 Å². The van der Waals surface area contributed by atoms with Gasteiger partial charge in [-0.2, -0.15) is 0 Å². The number of halogens is 1. The number of nitrogens with zero attached hydrogens (tertiary/aromatic N) is 4. The van der Waals surface area contributed by atoms with E-state index in [0.29, 0.717) is 48.3 Å². The van der Waals surface area contributed by atoms with Gasteiger partial charge in [-0.3, -0.25) is 4.72 Å². The van der Waals surface area contributed by atoms with Crippen LogP contribution < -0.4 is 23.7 Å². The van der Waals surface area contributed by atoms with Gasteiger partial charge < -0.3 is 23.7 Å². The lowest BCUT2D eigenvalue weighted by molar-refractivity contribution is 0.0717. The molecular weight excluding hydrogens is 582 g/mol. The van der Waals surface area contributed by atoms with Crippen molar-refractivity contribution in [2.24, 2.45) is 0 Å². The first-order chi connectivity index (χ1) is 18.4. The Balaban J connectivity index is 1.38. The van der Waals surface area contributed by atoms with Crippen molar-refractivity contribution in [2.45, 2.75) is 37.0 Å². The van der Waals surface area contributed by atoms with Crippen LogP contribution in [0.15, 0.2) is 41.4 Å². The van der Waals surface area contributed by atoms with E-state index in [9.17, 15) is 8.42 Å². The Bertz CT molecular complexity index is 1370. The first-order valence-corrected chi connectivity index (χ1v) is 14.3. The Morgan fingerprint density at radius 3 is 2.50 bits per heavy atom. The second-order valence-corrected chi connectivity index (χ2v) is 11.5. The summed E-state index contributed by atoms with van der Waals surface area (Å²) >= 11 is 3.27. The van der Waals surface area contributed by atoms with Crippen molar-refractivity contribution in [2.75, 3.05) is 31.8 Å². The van der Waals surface area contributed by atoms with Crippen molar-refractivity contribution in [3.05, 3.63) is 41.4 Å². The minimum absolute atomic E-state index is 0.0784. The van der Waals surface area contributed by atoms with E-state index in [4.69, 9.17) is 23.7 Å². The topological polar surface area (TPSA) is 144 Å². The van der Waals surface area contributed by atoms with Gasteiger partial charge in [0, 0.05) is 19.5 Å². The summed E-state index contributed by atoms with van der Waals surface area (Å²) in [6.45, 7) is 0.337. The zero-order valence-corrected chi connectivity index (χ0v) is 22.9. The van der Waals surface area contributed by atoms with Gasteiger partial charge in [0.1, 0.15) is 19.5 Å². The number of fused-ring (bicyclic) bond motifs is 1. The molecule has 2 aromatic heterocycles. The van der Waals surface area contributed by atoms with Crippen LogP contribution in [0.5, 0.6) is 23.4 Å². The minimum atomic E-state index is -3.74. The number of aromatic nitrogens is 4. The first kappa shape index (κ1) is 26.4. The molecule has 0 saturated heterocycles. The number of nitrogens with one attached hydrogen (secondary N) is 1. The van der Waals surface area contributed by atoms with E-state index in [2.05, 4.69) is 40.6 Å². The van der Waals surface area contributed by atoms with Gasteiger partial charge in [-0.05, 0) is 59.3 Å². The highest BCUT2D eigenvalue weighted by molar-refractivity contribution is 9.10. The molecule has 0 radical (unpaired) electrons. The fourth-order valence-corrected chi connectivity index (χ4v) is 6.00. The van der Waals surface area contributed by atoms with Gasteiger partial charge in [-0.15, -0.1) is 0 Å². The average Bonchev–Trinajstić information content (AvgIpc) is 3.40. The predicted octanol–water partition coefficient (Wildman–Crippen LogP) is 3.58. The molecular formula is C24H26BrN5O7S. The van der Waals surface area contributed by atoms with E-state index in [-0.39, 0.29) is 43.8 Å². The highest BCUT2D eigenvalue weighted by Gasteiger charge is 2.32. The molecule has 1 fully saturated rings. The maximum absolute atomic E-state index is 13.3. The van der Waals surface area contributed by atoms with E-state index < -0.39 is 15.3 Å². The van der Waals surface area contributed by atoms with Crippen LogP contribution in [0.25, 0.3) is 11.1 Å². The quantitative estimate of drug-likeness (QED) is 0.337. The Hall–Kier alpha value is -3.23. The SMILES string of the molecule is COC1CCC(S(=O)(=O)Nc2ncnc(OCCOc3ncc(Br)cn3)c2-c2ccc3c(c2)OCO3)CC1. The third kappa shape index (κ3) is 6.08. The Morgan fingerprint density at radius 1 is 1.00 bits per heavy atom. The molecule has 1 saturated carbocycles. The largest absolute Gasteiger partial charge is 0.473 e. The Morgan fingerprint density at radius 2 is 1.74 bits per heavy atom. The number of anilines is 1. The smallest absolute Gasteiger partial charge is 0.316 e. The van der Waals surface area contributed by atoms with Crippen molar-refractivity contribution < 1.29 is 32.1 Å². The fourth-order valence-electron chi connectivity index (χ4n) is 4.31. The van der Waals surface area contributed by atoms with Crippen molar-refractivity contribution in [3.63, 3.8) is 0 Å². The molecule has 0 atom stereocenters. The van der Waals surface area contributed by atoms with E-state index in [1.54, 1.807) is 37.7 Å². The summed E-state index contributed by atoms with van der Waals surface area (Å²) in [5.41, 5.74) is 0.975. The third-order valence-corrected chi connectivity index (χ3v) is 8.49. The van der Waals surface area contributed by atoms with Gasteiger partial charge >= 0.3 is 6.01 Å². The molecule has 3 aromatic rings. The van der Waals surface area contributed by atoms with Gasteiger partial charge in [0.2, 0.25) is 22.7 Å². The molecule has 1 aliphatic carbocycles. The molecule has 2 aliphatic rings. The zero-order chi connectivity index (χ0) is 26.5. The number of hydrogen-bond acceptors (Lipinski definition) is 11. The van der Waals surface area contributed by atoms with Crippen LogP contribution in [0.1, 0.15) is 25.7 Å². The number of ether oxygens (including phenoxy) is 5. The van der Waals surface area contributed by atoms with Gasteiger partial charge in [-0.1, -0.05) is 6.07 Å². The molecule has 0 unspecified atom stereocenters. The third-order valence-electron chi connectivity index (χ3n) is 6.26. The highest BCUT2D eigenvalue weighted by Crippen LogP contribution is 2.41. The second kappa shape index (κ2) is 11.7. The van der Waals surface area contributed by atoms with Gasteiger partial charge in [0.15, 0.2) is 17.3 Å². The summed E-state index contributed by atoms with van der Waals surface area (Å²) in [6.07, 6.45) is 6.83. The zero-order valence-electron chi connectivity index (χ0n) is 20.5. The number of hydrogen-bond donors (Lipinski definition) is 1. The molecule has 1 aromatic carbocycles. The van der Waals surface area contributed by atoms with E-state index >= 15 is 0 Å². The second-order valence-electron chi connectivity index (χ2n) is 8.63. The van der Waals surface area contributed by atoms with Crippen LogP contribution in [0, 0.1) is 0 Å². The predicted molar refractivity (Wildman–Crippen MR) is 140 cm³/mol. The van der Waals surface area contributed by atoms with Crippen LogP contribution in [0.3, 0.4) is 0 Å². The Labute approximate surface area is 228 Å². The van der Waals surface area contributed by atoms with Crippen molar-refractivity contribution in [1.29, 1.82) is 0 Å². The molecule has 3 heterocycles. The number of rotatable bonds is 10. The summed E-state index contributed by atoms with van der Waals surface area (Å²) in [7, 11) is -2.10. The molecule has 0 bridgehead atoms. The molecule has 14 heteroatoms. The van der Waals surface area contributed by atoms with Crippen LogP contribution >= 0.6 is 15.9 Å². The number of benzene rings is 1. The monoisotopic (exact) mass is 607 g/mol. The van der Waals surface area contributed by atoms with Gasteiger partial charge in [0.05, 0.1) is 21.4 Å². The van der Waals surface area contributed by atoms with Crippen molar-refractivity contribution >= 4 is 31.8 Å². The molecule has 0 amide bonds. The van der Waals surface area contributed by atoms with Crippen LogP contribution in [0.4, 0.5) is 5.82 Å². The molecule has 12 nitrogen and oxygen atoms in total. The first-order valence-electron chi connectivity index (χ1n) is 12.0. The standard InChI is InChI=1S/C24H26BrN5O7S/c1-33-17-3-5-18(6-4-17)38(31,32)30-22-21(15-2-7-19-20(10-15)37-14-36-19)23(29-13-28-22)34-8-9-35-24-26-11-16(25)12-27-24/h2,7,10-13,17-18H,3-6,8-9,14H2,1H3,(H,28,29,30). The van der Waals surface area contributed by atoms with Gasteiger partial charge in [0.25, 0.3) is 0 Å². The molecule has 1 aliphatic heterocycles. The lowest BCUT2D eigenvalue weighted by Gasteiger charge is -2.27. The number of methoxy groups -OCH3 is 1. The fraction of sp³-hybridized carbons (Fsp3) is 0.417. The van der Waals surface area contributed by atoms with Crippen LogP contribution in [-0.4, -0.2) is 66.8 Å². The van der Waals surface area contributed by atoms with Crippen LogP contribution in [-0.2, 0) is 14.8 Å². The summed E-state index contributed by atoms with van der Waals surface area (Å²) in [4.78, 5) is 16.7.